The molecule has 0 amide bonds. The molecule has 17 heavy (non-hydrogen) atoms. The van der Waals surface area contributed by atoms with Gasteiger partial charge in [-0.3, -0.25) is 0 Å². The van der Waals surface area contributed by atoms with Crippen molar-refractivity contribution in [3.8, 4) is 0 Å². The summed E-state index contributed by atoms with van der Waals surface area (Å²) in [6.07, 6.45) is 7.50. The molecule has 1 heterocycles. The van der Waals surface area contributed by atoms with Gasteiger partial charge in [-0.2, -0.15) is 0 Å². The molecule has 0 bridgehead atoms. The quantitative estimate of drug-likeness (QED) is 0.682. The highest BCUT2D eigenvalue weighted by Gasteiger charge is 2.10. The number of H-pyrrole nitrogens is 1. The first-order valence-electron chi connectivity index (χ1n) is 6.80. The molecule has 1 heteroatoms. The second-order valence-corrected chi connectivity index (χ2v) is 5.19. The molecule has 0 radical (unpaired) electrons. The number of hydrogen-bond acceptors (Lipinski definition) is 0. The maximum atomic E-state index is 3.39. The Balaban J connectivity index is 2.19. The Hall–Kier alpha value is -1.24. The van der Waals surface area contributed by atoms with Gasteiger partial charge in [0.25, 0.3) is 0 Å². The van der Waals surface area contributed by atoms with Crippen molar-refractivity contribution in [1.82, 2.24) is 4.98 Å². The molecule has 1 atom stereocenters. The molecule has 2 aromatic rings. The first-order chi connectivity index (χ1) is 8.22. The smallest absolute Gasteiger partial charge is 0.0457 e. The van der Waals surface area contributed by atoms with E-state index in [1.54, 1.807) is 0 Å². The summed E-state index contributed by atoms with van der Waals surface area (Å²) in [4.78, 5) is 3.39. The van der Waals surface area contributed by atoms with Crippen molar-refractivity contribution >= 4 is 10.9 Å². The monoisotopic (exact) mass is 229 g/mol. The number of rotatable bonds is 5. The van der Waals surface area contributed by atoms with E-state index < -0.39 is 0 Å². The Morgan fingerprint density at radius 2 is 2.06 bits per heavy atom. The Labute approximate surface area is 104 Å². The molecule has 1 N–H and O–H groups in total. The van der Waals surface area contributed by atoms with Gasteiger partial charge in [-0.25, -0.2) is 0 Å². The van der Waals surface area contributed by atoms with Crippen molar-refractivity contribution in [1.29, 1.82) is 0 Å². The Kier molecular flexibility index (Phi) is 3.88. The van der Waals surface area contributed by atoms with Crippen LogP contribution in [0.4, 0.5) is 0 Å². The maximum absolute atomic E-state index is 3.39. The highest BCUT2D eigenvalue weighted by molar-refractivity contribution is 5.84. The minimum atomic E-state index is 0.664. The minimum absolute atomic E-state index is 0.664. The second-order valence-electron chi connectivity index (χ2n) is 5.19. The lowest BCUT2D eigenvalue weighted by Crippen LogP contribution is -1.92. The summed E-state index contributed by atoms with van der Waals surface area (Å²) >= 11 is 0. The molecule has 2 rings (SSSR count). The summed E-state index contributed by atoms with van der Waals surface area (Å²) in [6.45, 7) is 6.78. The number of nitrogens with one attached hydrogen (secondary N) is 1. The molecule has 0 aliphatic rings. The number of fused-ring (bicyclic) bond motifs is 1. The van der Waals surface area contributed by atoms with Gasteiger partial charge in [0.05, 0.1) is 0 Å². The van der Waals surface area contributed by atoms with Crippen LogP contribution in [0.25, 0.3) is 10.9 Å². The number of unbranched alkanes of at least 4 members (excludes halogenated alkanes) is 2. The molecule has 1 aromatic carbocycles. The summed E-state index contributed by atoms with van der Waals surface area (Å²) in [5.41, 5.74) is 4.10. The first kappa shape index (κ1) is 12.2. The van der Waals surface area contributed by atoms with Crippen LogP contribution < -0.4 is 0 Å². The largest absolute Gasteiger partial charge is 0.361 e. The molecule has 1 unspecified atom stereocenters. The van der Waals surface area contributed by atoms with Crippen molar-refractivity contribution in [3.63, 3.8) is 0 Å². The molecule has 0 spiro atoms. The van der Waals surface area contributed by atoms with Crippen molar-refractivity contribution in [3.05, 3.63) is 35.5 Å². The average molecular weight is 229 g/mol. The van der Waals surface area contributed by atoms with Crippen molar-refractivity contribution in [2.24, 2.45) is 0 Å². The van der Waals surface area contributed by atoms with Gasteiger partial charge < -0.3 is 4.98 Å². The molecular weight excluding hydrogens is 206 g/mol. The van der Waals surface area contributed by atoms with Crippen LogP contribution in [0.15, 0.2) is 24.4 Å². The third-order valence-electron chi connectivity index (χ3n) is 3.64. The van der Waals surface area contributed by atoms with Gasteiger partial charge in [-0.05, 0) is 37.0 Å². The standard InChI is InChI=1S/C16H23N/c1-4-5-6-7-13(3)15-11-17-16-9-8-12(2)10-14(15)16/h8-11,13,17H,4-7H2,1-3H3. The zero-order valence-corrected chi connectivity index (χ0v) is 11.2. The van der Waals surface area contributed by atoms with Gasteiger partial charge in [0.15, 0.2) is 0 Å². The molecule has 92 valence electrons. The molecule has 0 aliphatic heterocycles. The summed E-state index contributed by atoms with van der Waals surface area (Å²) < 4.78 is 0. The fourth-order valence-corrected chi connectivity index (χ4v) is 2.52. The normalized spacial score (nSPS) is 13.1. The van der Waals surface area contributed by atoms with Gasteiger partial charge in [-0.15, -0.1) is 0 Å². The van der Waals surface area contributed by atoms with E-state index in [0.29, 0.717) is 5.92 Å². The molecule has 1 aromatic heterocycles. The SMILES string of the molecule is CCCCCC(C)c1c[nH]c2ccc(C)cc12. The van der Waals surface area contributed by atoms with Crippen molar-refractivity contribution in [2.75, 3.05) is 0 Å². The molecule has 0 aliphatic carbocycles. The van der Waals surface area contributed by atoms with Crippen LogP contribution in [0.2, 0.25) is 0 Å². The van der Waals surface area contributed by atoms with Crippen molar-refractivity contribution in [2.45, 2.75) is 52.4 Å². The predicted molar refractivity (Wildman–Crippen MR) is 75.6 cm³/mol. The topological polar surface area (TPSA) is 15.8 Å². The average Bonchev–Trinajstić information content (AvgIpc) is 2.72. The lowest BCUT2D eigenvalue weighted by Gasteiger charge is -2.10. The summed E-state index contributed by atoms with van der Waals surface area (Å²) in [6, 6.07) is 6.66. The summed E-state index contributed by atoms with van der Waals surface area (Å²) in [7, 11) is 0. The third kappa shape index (κ3) is 2.71. The van der Waals surface area contributed by atoms with Gasteiger partial charge in [0.1, 0.15) is 0 Å². The van der Waals surface area contributed by atoms with E-state index in [1.165, 1.54) is 47.7 Å². The maximum Gasteiger partial charge on any atom is 0.0457 e. The highest BCUT2D eigenvalue weighted by Crippen LogP contribution is 2.29. The van der Waals surface area contributed by atoms with E-state index in [4.69, 9.17) is 0 Å². The van der Waals surface area contributed by atoms with Crippen LogP contribution in [0.5, 0.6) is 0 Å². The number of aryl methyl sites for hydroxylation is 1. The van der Waals surface area contributed by atoms with Gasteiger partial charge >= 0.3 is 0 Å². The van der Waals surface area contributed by atoms with E-state index in [1.807, 2.05) is 0 Å². The van der Waals surface area contributed by atoms with Crippen LogP contribution in [-0.2, 0) is 0 Å². The lowest BCUT2D eigenvalue weighted by atomic mass is 9.94. The van der Waals surface area contributed by atoms with E-state index in [0.717, 1.165) is 0 Å². The lowest BCUT2D eigenvalue weighted by molar-refractivity contribution is 0.600. The molecule has 0 saturated heterocycles. The van der Waals surface area contributed by atoms with E-state index in [2.05, 4.69) is 50.2 Å². The Morgan fingerprint density at radius 3 is 2.82 bits per heavy atom. The van der Waals surface area contributed by atoms with Crippen LogP contribution in [0, 0.1) is 6.92 Å². The van der Waals surface area contributed by atoms with Gasteiger partial charge in [0.2, 0.25) is 0 Å². The van der Waals surface area contributed by atoms with Crippen LogP contribution >= 0.6 is 0 Å². The molecule has 0 fully saturated rings. The van der Waals surface area contributed by atoms with Gasteiger partial charge in [0, 0.05) is 17.1 Å². The van der Waals surface area contributed by atoms with Crippen LogP contribution in [-0.4, -0.2) is 4.98 Å². The second kappa shape index (κ2) is 5.39. The zero-order valence-electron chi connectivity index (χ0n) is 11.2. The first-order valence-corrected chi connectivity index (χ1v) is 6.80. The zero-order chi connectivity index (χ0) is 12.3. The fourth-order valence-electron chi connectivity index (χ4n) is 2.52. The summed E-state index contributed by atoms with van der Waals surface area (Å²) in [5.74, 6) is 0.664. The number of benzene rings is 1. The minimum Gasteiger partial charge on any atom is -0.361 e. The molecule has 1 nitrogen and oxygen atoms in total. The van der Waals surface area contributed by atoms with Crippen LogP contribution in [0.1, 0.15) is 56.6 Å². The van der Waals surface area contributed by atoms with E-state index >= 15 is 0 Å². The molecule has 0 saturated carbocycles. The van der Waals surface area contributed by atoms with Gasteiger partial charge in [-0.1, -0.05) is 44.7 Å². The number of hydrogen-bond donors (Lipinski definition) is 1. The Bertz CT molecular complexity index is 481. The van der Waals surface area contributed by atoms with E-state index in [9.17, 15) is 0 Å². The fraction of sp³-hybridized carbons (Fsp3) is 0.500. The van der Waals surface area contributed by atoms with Crippen LogP contribution in [0.3, 0.4) is 0 Å². The highest BCUT2D eigenvalue weighted by atomic mass is 14.7. The van der Waals surface area contributed by atoms with E-state index in [-0.39, 0.29) is 0 Å². The number of aromatic nitrogens is 1. The van der Waals surface area contributed by atoms with Crippen molar-refractivity contribution < 1.29 is 0 Å². The number of aromatic amines is 1. The predicted octanol–water partition coefficient (Wildman–Crippen LogP) is 5.16. The summed E-state index contributed by atoms with van der Waals surface area (Å²) in [5, 5.41) is 1.41. The Morgan fingerprint density at radius 1 is 1.24 bits per heavy atom. The third-order valence-corrected chi connectivity index (χ3v) is 3.64. The molecular formula is C16H23N.